The molecular formula is C51H37N. The number of nitrogens with zero attached hydrogens (tertiary/aromatic N) is 1. The first-order valence-electron chi connectivity index (χ1n) is 18.2. The van der Waals surface area contributed by atoms with Gasteiger partial charge in [-0.3, -0.25) is 0 Å². The number of hydrogen-bond donors (Lipinski definition) is 0. The maximum absolute atomic E-state index is 2.40. The SMILES string of the molecule is CC1(C)c2ccccc2-c2cc(N(c3ccc(-c4ccccc4)cc3)c3ccc(-c4cccc5ccc6c7ccccc7ccc6c45)cc3)ccc21. The van der Waals surface area contributed by atoms with E-state index < -0.39 is 0 Å². The lowest BCUT2D eigenvalue weighted by atomic mass is 9.82. The maximum Gasteiger partial charge on any atom is 0.0468 e. The zero-order chi connectivity index (χ0) is 34.8. The number of fused-ring (bicyclic) bond motifs is 8. The summed E-state index contributed by atoms with van der Waals surface area (Å²) in [6.45, 7) is 4.68. The van der Waals surface area contributed by atoms with Crippen molar-refractivity contribution < 1.29 is 0 Å². The van der Waals surface area contributed by atoms with Crippen LogP contribution in [-0.4, -0.2) is 0 Å². The summed E-state index contributed by atoms with van der Waals surface area (Å²) in [5.41, 5.74) is 13.7. The van der Waals surface area contributed by atoms with Crippen molar-refractivity contribution in [3.05, 3.63) is 199 Å². The molecule has 0 unspecified atom stereocenters. The van der Waals surface area contributed by atoms with Crippen LogP contribution in [0.1, 0.15) is 25.0 Å². The van der Waals surface area contributed by atoms with E-state index in [1.807, 2.05) is 0 Å². The van der Waals surface area contributed by atoms with Gasteiger partial charge in [-0.15, -0.1) is 0 Å². The van der Waals surface area contributed by atoms with Crippen LogP contribution >= 0.6 is 0 Å². The summed E-state index contributed by atoms with van der Waals surface area (Å²) in [5.74, 6) is 0. The van der Waals surface area contributed by atoms with Gasteiger partial charge in [0.25, 0.3) is 0 Å². The van der Waals surface area contributed by atoms with Crippen molar-refractivity contribution in [1.29, 1.82) is 0 Å². The predicted molar refractivity (Wildman–Crippen MR) is 222 cm³/mol. The van der Waals surface area contributed by atoms with E-state index in [2.05, 4.69) is 207 Å². The third kappa shape index (κ3) is 4.77. The highest BCUT2D eigenvalue weighted by atomic mass is 15.1. The van der Waals surface area contributed by atoms with Gasteiger partial charge in [0, 0.05) is 22.5 Å². The van der Waals surface area contributed by atoms with E-state index in [1.54, 1.807) is 0 Å². The smallest absolute Gasteiger partial charge is 0.0468 e. The van der Waals surface area contributed by atoms with Crippen LogP contribution in [0.25, 0.3) is 65.7 Å². The fourth-order valence-electron chi connectivity index (χ4n) is 8.63. The Hall–Kier alpha value is -6.44. The standard InChI is InChI=1S/C51H37N/c1-51(2)48-18-9-8-16-45(48)47-33-41(29-32-49(47)51)52(39-25-19-35(20-26-39)34-11-4-3-5-12-34)40-27-21-37(22-28-40)43-17-10-14-38-24-30-44-42-15-7-6-13-36(42)23-31-46(44)50(38)43/h3-33H,1-2H3. The second-order valence-electron chi connectivity index (χ2n) is 14.5. The van der Waals surface area contributed by atoms with Gasteiger partial charge in [-0.2, -0.15) is 0 Å². The van der Waals surface area contributed by atoms with Crippen LogP contribution in [0.3, 0.4) is 0 Å². The molecule has 0 atom stereocenters. The lowest BCUT2D eigenvalue weighted by molar-refractivity contribution is 0.660. The van der Waals surface area contributed by atoms with Crippen LogP contribution in [0.4, 0.5) is 17.1 Å². The fourth-order valence-corrected chi connectivity index (χ4v) is 8.63. The van der Waals surface area contributed by atoms with Crippen molar-refractivity contribution in [2.24, 2.45) is 0 Å². The summed E-state index contributed by atoms with van der Waals surface area (Å²) in [6.07, 6.45) is 0. The van der Waals surface area contributed by atoms with E-state index in [4.69, 9.17) is 0 Å². The Balaban J connectivity index is 1.11. The van der Waals surface area contributed by atoms with Crippen LogP contribution in [0.2, 0.25) is 0 Å². The number of rotatable bonds is 5. The molecule has 1 heteroatoms. The van der Waals surface area contributed by atoms with Gasteiger partial charge in [0.1, 0.15) is 0 Å². The van der Waals surface area contributed by atoms with E-state index in [-0.39, 0.29) is 5.41 Å². The Kier molecular flexibility index (Phi) is 6.91. The number of hydrogen-bond acceptors (Lipinski definition) is 1. The van der Waals surface area contributed by atoms with Crippen LogP contribution in [0, 0.1) is 0 Å². The third-order valence-corrected chi connectivity index (χ3v) is 11.3. The van der Waals surface area contributed by atoms with Gasteiger partial charge in [-0.05, 0) is 113 Å². The Morgan fingerprint density at radius 1 is 0.346 bits per heavy atom. The normalized spacial score (nSPS) is 13.0. The van der Waals surface area contributed by atoms with E-state index in [0.717, 1.165) is 17.1 Å². The molecule has 9 aromatic rings. The van der Waals surface area contributed by atoms with Gasteiger partial charge in [0.05, 0.1) is 0 Å². The van der Waals surface area contributed by atoms with E-state index in [1.165, 1.54) is 76.8 Å². The van der Waals surface area contributed by atoms with Crippen molar-refractivity contribution in [3.63, 3.8) is 0 Å². The average molecular weight is 664 g/mol. The van der Waals surface area contributed by atoms with Gasteiger partial charge in [-0.25, -0.2) is 0 Å². The highest BCUT2D eigenvalue weighted by Gasteiger charge is 2.35. The molecule has 0 bridgehead atoms. The molecule has 0 amide bonds. The minimum atomic E-state index is -0.0385. The van der Waals surface area contributed by atoms with Gasteiger partial charge in [-0.1, -0.05) is 166 Å². The van der Waals surface area contributed by atoms with Crippen LogP contribution < -0.4 is 4.90 Å². The topological polar surface area (TPSA) is 3.24 Å². The quantitative estimate of drug-likeness (QED) is 0.166. The Morgan fingerprint density at radius 3 is 1.73 bits per heavy atom. The Morgan fingerprint density at radius 2 is 0.923 bits per heavy atom. The van der Waals surface area contributed by atoms with E-state index in [9.17, 15) is 0 Å². The van der Waals surface area contributed by atoms with Crippen molar-refractivity contribution in [3.8, 4) is 33.4 Å². The molecule has 0 saturated heterocycles. The lowest BCUT2D eigenvalue weighted by Crippen LogP contribution is -2.15. The van der Waals surface area contributed by atoms with Crippen molar-refractivity contribution in [2.75, 3.05) is 4.90 Å². The summed E-state index contributed by atoms with van der Waals surface area (Å²) < 4.78 is 0. The first kappa shape index (κ1) is 30.4. The molecule has 0 aliphatic heterocycles. The van der Waals surface area contributed by atoms with E-state index in [0.29, 0.717) is 0 Å². The molecular weight excluding hydrogens is 627 g/mol. The number of anilines is 3. The molecule has 1 nitrogen and oxygen atoms in total. The second kappa shape index (κ2) is 11.8. The predicted octanol–water partition coefficient (Wildman–Crippen LogP) is 14.3. The zero-order valence-corrected chi connectivity index (χ0v) is 29.3. The van der Waals surface area contributed by atoms with Crippen molar-refractivity contribution in [2.45, 2.75) is 19.3 Å². The Bertz CT molecular complexity index is 2790. The largest absolute Gasteiger partial charge is 0.310 e. The molecule has 0 N–H and O–H groups in total. The molecule has 52 heavy (non-hydrogen) atoms. The molecule has 0 heterocycles. The molecule has 10 rings (SSSR count). The zero-order valence-electron chi connectivity index (χ0n) is 29.3. The molecule has 0 aromatic heterocycles. The third-order valence-electron chi connectivity index (χ3n) is 11.3. The molecule has 0 saturated carbocycles. The average Bonchev–Trinajstić information content (AvgIpc) is 3.43. The minimum Gasteiger partial charge on any atom is -0.310 e. The summed E-state index contributed by atoms with van der Waals surface area (Å²) in [4.78, 5) is 2.40. The summed E-state index contributed by atoms with van der Waals surface area (Å²) in [5, 5.41) is 7.70. The first-order valence-corrected chi connectivity index (χ1v) is 18.2. The minimum absolute atomic E-state index is 0.0385. The van der Waals surface area contributed by atoms with Crippen LogP contribution in [-0.2, 0) is 5.41 Å². The molecule has 1 aliphatic carbocycles. The molecule has 1 aliphatic rings. The highest BCUT2D eigenvalue weighted by Crippen LogP contribution is 2.50. The fraction of sp³-hybridized carbons (Fsp3) is 0.0588. The van der Waals surface area contributed by atoms with Crippen LogP contribution in [0.15, 0.2) is 188 Å². The van der Waals surface area contributed by atoms with E-state index >= 15 is 0 Å². The van der Waals surface area contributed by atoms with Gasteiger partial charge in [0.2, 0.25) is 0 Å². The molecule has 0 spiro atoms. The summed E-state index contributed by atoms with van der Waals surface area (Å²) >= 11 is 0. The van der Waals surface area contributed by atoms with Crippen LogP contribution in [0.5, 0.6) is 0 Å². The maximum atomic E-state index is 2.40. The summed E-state index contributed by atoms with van der Waals surface area (Å²) in [7, 11) is 0. The molecule has 0 fully saturated rings. The molecule has 0 radical (unpaired) electrons. The Labute approximate surface area is 305 Å². The first-order chi connectivity index (χ1) is 25.5. The lowest BCUT2D eigenvalue weighted by Gasteiger charge is -2.27. The summed E-state index contributed by atoms with van der Waals surface area (Å²) in [6, 6.07) is 69.1. The van der Waals surface area contributed by atoms with Gasteiger partial charge >= 0.3 is 0 Å². The van der Waals surface area contributed by atoms with Gasteiger partial charge in [0.15, 0.2) is 0 Å². The van der Waals surface area contributed by atoms with Gasteiger partial charge < -0.3 is 4.90 Å². The molecule has 9 aromatic carbocycles. The van der Waals surface area contributed by atoms with Crippen molar-refractivity contribution in [1.82, 2.24) is 0 Å². The van der Waals surface area contributed by atoms with Crippen molar-refractivity contribution >= 4 is 49.4 Å². The molecule has 246 valence electrons. The number of benzene rings is 9. The second-order valence-corrected chi connectivity index (χ2v) is 14.5. The highest BCUT2D eigenvalue weighted by molar-refractivity contribution is 6.20. The monoisotopic (exact) mass is 663 g/mol.